The third-order valence-corrected chi connectivity index (χ3v) is 5.53. The molecular weight excluding hydrogens is 391 g/mol. The van der Waals surface area contributed by atoms with Crippen LogP contribution in [-0.2, 0) is 4.79 Å². The summed E-state index contributed by atoms with van der Waals surface area (Å²) in [5.41, 5.74) is 4.98. The van der Waals surface area contributed by atoms with Crippen molar-refractivity contribution in [2.75, 3.05) is 18.5 Å². The van der Waals surface area contributed by atoms with Crippen LogP contribution in [0.2, 0.25) is 0 Å². The fourth-order valence-corrected chi connectivity index (χ4v) is 3.50. The molecule has 1 amide bonds. The summed E-state index contributed by atoms with van der Waals surface area (Å²) in [6, 6.07) is 13.2. The number of carbonyl (C=O) groups is 1. The number of carbonyl (C=O) groups excluding carboxylic acids is 1. The maximum absolute atomic E-state index is 12.8. The van der Waals surface area contributed by atoms with Crippen molar-refractivity contribution >= 4 is 34.2 Å². The Bertz CT molecular complexity index is 898. The van der Waals surface area contributed by atoms with Crippen molar-refractivity contribution in [2.24, 2.45) is 10.1 Å². The van der Waals surface area contributed by atoms with Gasteiger partial charge in [-0.25, -0.2) is 9.82 Å². The molecule has 0 spiro atoms. The number of hydrogen-bond acceptors (Lipinski definition) is 6. The van der Waals surface area contributed by atoms with Gasteiger partial charge in [0.1, 0.15) is 11.6 Å². The fraction of sp³-hybridized carbons (Fsp3) is 0.286. The van der Waals surface area contributed by atoms with E-state index >= 15 is 0 Å². The van der Waals surface area contributed by atoms with E-state index in [-0.39, 0.29) is 12.4 Å². The highest BCUT2D eigenvalue weighted by Gasteiger charge is 2.17. The highest BCUT2D eigenvalue weighted by molar-refractivity contribution is 8.15. The average Bonchev–Trinajstić information content (AvgIpc) is 3.19. The highest BCUT2D eigenvalue weighted by Crippen LogP contribution is 2.24. The number of aliphatic imine (C=N–C) groups is 1. The van der Waals surface area contributed by atoms with Crippen LogP contribution in [0.15, 0.2) is 58.6 Å². The number of amides is 1. The van der Waals surface area contributed by atoms with Gasteiger partial charge in [0.05, 0.1) is 12.3 Å². The number of thioether (sulfide) groups is 1. The molecule has 152 valence electrons. The zero-order valence-corrected chi connectivity index (χ0v) is 17.1. The van der Waals surface area contributed by atoms with E-state index in [0.29, 0.717) is 16.7 Å². The molecule has 1 aliphatic rings. The van der Waals surface area contributed by atoms with Gasteiger partial charge in [0.15, 0.2) is 11.8 Å². The van der Waals surface area contributed by atoms with Gasteiger partial charge in [-0.1, -0.05) is 30.8 Å². The van der Waals surface area contributed by atoms with E-state index in [1.807, 2.05) is 31.2 Å². The zero-order chi connectivity index (χ0) is 20.6. The van der Waals surface area contributed by atoms with Crippen molar-refractivity contribution in [3.63, 3.8) is 0 Å². The summed E-state index contributed by atoms with van der Waals surface area (Å²) in [6.45, 7) is 4.63. The van der Waals surface area contributed by atoms with Gasteiger partial charge in [-0.3, -0.25) is 9.79 Å². The van der Waals surface area contributed by atoms with Gasteiger partial charge in [-0.05, 0) is 55.3 Å². The molecule has 2 aromatic carbocycles. The molecule has 1 heterocycles. The molecule has 0 aliphatic carbocycles. The minimum atomic E-state index is -0.395. The summed E-state index contributed by atoms with van der Waals surface area (Å²) in [5.74, 6) is -0.335. The van der Waals surface area contributed by atoms with Gasteiger partial charge in [-0.2, -0.15) is 5.10 Å². The summed E-state index contributed by atoms with van der Waals surface area (Å²) in [5, 5.41) is 8.93. The van der Waals surface area contributed by atoms with E-state index in [1.54, 1.807) is 11.8 Å². The molecule has 6 nitrogen and oxygen atoms in total. The van der Waals surface area contributed by atoms with Gasteiger partial charge < -0.3 is 10.1 Å². The normalized spacial score (nSPS) is 16.3. The number of amidine groups is 1. The smallest absolute Gasteiger partial charge is 0.277 e. The first-order chi connectivity index (χ1) is 14.0. The first kappa shape index (κ1) is 20.9. The Labute approximate surface area is 173 Å². The van der Waals surface area contributed by atoms with Crippen molar-refractivity contribution in [1.82, 2.24) is 5.43 Å². The van der Waals surface area contributed by atoms with Gasteiger partial charge in [0, 0.05) is 10.9 Å². The first-order valence-corrected chi connectivity index (χ1v) is 10.2. The van der Waals surface area contributed by atoms with Gasteiger partial charge in [-0.15, -0.1) is 0 Å². The Hall–Kier alpha value is -2.87. The lowest BCUT2D eigenvalue weighted by molar-refractivity contribution is -0.123. The molecule has 0 fully saturated rings. The van der Waals surface area contributed by atoms with Crippen molar-refractivity contribution in [3.05, 3.63) is 59.9 Å². The second-order valence-corrected chi connectivity index (χ2v) is 7.76. The van der Waals surface area contributed by atoms with Crippen LogP contribution in [0.4, 0.5) is 10.1 Å². The van der Waals surface area contributed by atoms with E-state index < -0.39 is 5.91 Å². The van der Waals surface area contributed by atoms with Crippen LogP contribution in [0, 0.1) is 5.82 Å². The monoisotopic (exact) mass is 414 g/mol. The number of nitrogens with zero attached hydrogens (tertiary/aromatic N) is 2. The van der Waals surface area contributed by atoms with E-state index in [9.17, 15) is 9.18 Å². The van der Waals surface area contributed by atoms with Crippen molar-refractivity contribution in [1.29, 1.82) is 0 Å². The number of ether oxygens (including phenoxy) is 1. The molecule has 0 bridgehead atoms. The summed E-state index contributed by atoms with van der Waals surface area (Å²) in [6.07, 6.45) is 1.11. The summed E-state index contributed by atoms with van der Waals surface area (Å²) in [7, 11) is 0. The van der Waals surface area contributed by atoms with Crippen LogP contribution in [0.1, 0.15) is 25.8 Å². The zero-order valence-electron chi connectivity index (χ0n) is 16.3. The number of hydrogen-bond donors (Lipinski definition) is 2. The molecule has 29 heavy (non-hydrogen) atoms. The van der Waals surface area contributed by atoms with Crippen LogP contribution < -0.4 is 15.5 Å². The molecule has 8 heteroatoms. The number of anilines is 1. The highest BCUT2D eigenvalue weighted by atomic mass is 32.2. The molecule has 0 aromatic heterocycles. The molecule has 3 rings (SSSR count). The predicted molar refractivity (Wildman–Crippen MR) is 116 cm³/mol. The number of hydrazone groups is 1. The third kappa shape index (κ3) is 6.32. The van der Waals surface area contributed by atoms with Gasteiger partial charge >= 0.3 is 0 Å². The number of nitrogens with one attached hydrogen (secondary N) is 2. The van der Waals surface area contributed by atoms with E-state index in [4.69, 9.17) is 4.74 Å². The van der Waals surface area contributed by atoms with E-state index in [2.05, 4.69) is 27.8 Å². The van der Waals surface area contributed by atoms with Crippen LogP contribution in [0.25, 0.3) is 0 Å². The van der Waals surface area contributed by atoms with Crippen molar-refractivity contribution < 1.29 is 13.9 Å². The molecule has 0 saturated carbocycles. The Morgan fingerprint density at radius 2 is 1.97 bits per heavy atom. The standard InChI is InChI=1S/C21H23FN4O2S/c1-3-19-12-23-21(29-19)24-17-8-4-15(5-9-17)14(2)25-26-20(27)13-28-18-10-6-16(22)7-11-18/h4-11,19H,3,12-13H2,1-2H3,(H,23,24)(H,26,27)/b25-14-/t19-/m0/s1. The molecule has 1 aliphatic heterocycles. The van der Waals surface area contributed by atoms with Crippen LogP contribution in [0.5, 0.6) is 5.75 Å². The number of halogens is 1. The van der Waals surface area contributed by atoms with Gasteiger partial charge in [0.25, 0.3) is 5.91 Å². The summed E-state index contributed by atoms with van der Waals surface area (Å²) >= 11 is 1.77. The third-order valence-electron chi connectivity index (χ3n) is 4.26. The van der Waals surface area contributed by atoms with Crippen molar-refractivity contribution in [2.45, 2.75) is 25.5 Å². The second-order valence-electron chi connectivity index (χ2n) is 6.47. The lowest BCUT2D eigenvalue weighted by Gasteiger charge is -2.08. The van der Waals surface area contributed by atoms with Crippen molar-refractivity contribution in [3.8, 4) is 5.75 Å². The molecule has 0 radical (unpaired) electrons. The topological polar surface area (TPSA) is 75.1 Å². The molecule has 0 saturated heterocycles. The molecule has 2 aromatic rings. The maximum atomic E-state index is 12.8. The second kappa shape index (κ2) is 10.1. The SMILES string of the molecule is CC[C@H]1CN=C(Nc2ccc(/C(C)=N\NC(=O)COc3ccc(F)cc3)cc2)S1. The predicted octanol–water partition coefficient (Wildman–Crippen LogP) is 4.04. The largest absolute Gasteiger partial charge is 0.484 e. The van der Waals surface area contributed by atoms with E-state index in [0.717, 1.165) is 29.4 Å². The number of rotatable bonds is 7. The lowest BCUT2D eigenvalue weighted by atomic mass is 10.1. The first-order valence-electron chi connectivity index (χ1n) is 9.33. The molecular formula is C21H23FN4O2S. The van der Waals surface area contributed by atoms with Crippen LogP contribution in [0.3, 0.4) is 0 Å². The Morgan fingerprint density at radius 1 is 1.24 bits per heavy atom. The summed E-state index contributed by atoms with van der Waals surface area (Å²) < 4.78 is 18.1. The lowest BCUT2D eigenvalue weighted by Crippen LogP contribution is -2.25. The molecule has 2 N–H and O–H groups in total. The maximum Gasteiger partial charge on any atom is 0.277 e. The summed E-state index contributed by atoms with van der Waals surface area (Å²) in [4.78, 5) is 16.4. The number of benzene rings is 2. The van der Waals surface area contributed by atoms with Crippen LogP contribution >= 0.6 is 11.8 Å². The molecule has 1 atom stereocenters. The quantitative estimate of drug-likeness (QED) is 0.530. The Kier molecular flexibility index (Phi) is 7.24. The van der Waals surface area contributed by atoms with Crippen LogP contribution in [-0.4, -0.2) is 35.2 Å². The molecule has 0 unspecified atom stereocenters. The average molecular weight is 415 g/mol. The minimum absolute atomic E-state index is 0.205. The van der Waals surface area contributed by atoms with Gasteiger partial charge in [0.2, 0.25) is 0 Å². The Morgan fingerprint density at radius 3 is 2.62 bits per heavy atom. The fourth-order valence-electron chi connectivity index (χ4n) is 2.54. The Balaban J connectivity index is 1.47. The van der Waals surface area contributed by atoms with E-state index in [1.165, 1.54) is 24.3 Å². The minimum Gasteiger partial charge on any atom is -0.484 e.